The monoisotopic (exact) mass is 469 g/mol. The molecule has 0 saturated carbocycles. The fraction of sp³-hybridized carbons (Fsp3) is 0.233. The summed E-state index contributed by atoms with van der Waals surface area (Å²) >= 11 is 0. The number of hydrogen-bond acceptors (Lipinski definition) is 3. The Morgan fingerprint density at radius 3 is 2.63 bits per heavy atom. The van der Waals surface area contributed by atoms with Crippen LogP contribution in [0.2, 0.25) is 0 Å². The van der Waals surface area contributed by atoms with Gasteiger partial charge in [0, 0.05) is 24.1 Å². The molecule has 0 radical (unpaired) electrons. The minimum absolute atomic E-state index is 0.0918. The molecule has 0 spiro atoms. The predicted octanol–water partition coefficient (Wildman–Crippen LogP) is 6.62. The average molecular weight is 470 g/mol. The molecule has 0 amide bonds. The zero-order valence-electron chi connectivity index (χ0n) is 19.8. The molecule has 4 aromatic rings. The third-order valence-corrected chi connectivity index (χ3v) is 7.07. The molecule has 5 rings (SSSR count). The molecule has 0 bridgehead atoms. The number of para-hydroxylation sites is 1. The molecular weight excluding hydrogens is 441 g/mol. The van der Waals surface area contributed by atoms with Crippen molar-refractivity contribution < 1.29 is 19.0 Å². The summed E-state index contributed by atoms with van der Waals surface area (Å²) in [5.74, 6) is -1.01. The SMILES string of the molecule is Cc1c(C(=O)O)ccc(F)c1[C@H]1C[C@H](CN[C@H](C)c2cccc3ccccc23)Oc2ccccc21. The van der Waals surface area contributed by atoms with Crippen LogP contribution < -0.4 is 10.1 Å². The van der Waals surface area contributed by atoms with Crippen molar-refractivity contribution in [3.63, 3.8) is 0 Å². The molecule has 0 fully saturated rings. The van der Waals surface area contributed by atoms with Gasteiger partial charge in [-0.25, -0.2) is 9.18 Å². The van der Waals surface area contributed by atoms with Crippen LogP contribution >= 0.6 is 0 Å². The molecule has 0 saturated heterocycles. The lowest BCUT2D eigenvalue weighted by atomic mass is 9.81. The summed E-state index contributed by atoms with van der Waals surface area (Å²) in [4.78, 5) is 11.7. The first-order chi connectivity index (χ1) is 16.9. The third-order valence-electron chi connectivity index (χ3n) is 7.07. The van der Waals surface area contributed by atoms with E-state index in [1.165, 1.54) is 28.5 Å². The molecule has 1 heterocycles. The molecule has 2 N–H and O–H groups in total. The summed E-state index contributed by atoms with van der Waals surface area (Å²) in [6.45, 7) is 4.40. The number of carbonyl (C=O) groups is 1. The lowest BCUT2D eigenvalue weighted by molar-refractivity contribution is 0.0696. The van der Waals surface area contributed by atoms with E-state index < -0.39 is 5.97 Å². The Bertz CT molecular complexity index is 1390. The Kier molecular flexibility index (Phi) is 6.27. The van der Waals surface area contributed by atoms with E-state index in [1.54, 1.807) is 6.92 Å². The summed E-state index contributed by atoms with van der Waals surface area (Å²) in [6.07, 6.45) is 0.354. The van der Waals surface area contributed by atoms with Crippen molar-refractivity contribution in [3.8, 4) is 5.75 Å². The van der Waals surface area contributed by atoms with Gasteiger partial charge in [0.1, 0.15) is 17.7 Å². The standard InChI is InChI=1S/C30H28FNO3/c1-18-22(30(33)34)14-15-27(31)29(18)26-16-21(35-28-13-6-5-11-25(26)28)17-32-19(2)23-12-7-9-20-8-3-4-10-24(20)23/h3-15,19,21,26,32H,16-17H2,1-2H3,(H,33,34)/t19-,21-,26+/m1/s1. The number of nitrogens with one attached hydrogen (secondary N) is 1. The van der Waals surface area contributed by atoms with E-state index in [1.807, 2.05) is 36.4 Å². The van der Waals surface area contributed by atoms with Crippen molar-refractivity contribution in [1.29, 1.82) is 0 Å². The van der Waals surface area contributed by atoms with Gasteiger partial charge < -0.3 is 15.2 Å². The van der Waals surface area contributed by atoms with Crippen LogP contribution in [0.1, 0.15) is 57.9 Å². The molecule has 4 aromatic carbocycles. The Morgan fingerprint density at radius 1 is 1.06 bits per heavy atom. The van der Waals surface area contributed by atoms with Crippen molar-refractivity contribution in [2.45, 2.75) is 38.3 Å². The molecule has 1 aliphatic rings. The van der Waals surface area contributed by atoms with Crippen molar-refractivity contribution in [2.24, 2.45) is 0 Å². The van der Waals surface area contributed by atoms with Crippen LogP contribution in [0.3, 0.4) is 0 Å². The molecule has 35 heavy (non-hydrogen) atoms. The lowest BCUT2D eigenvalue weighted by Crippen LogP contribution is -2.37. The zero-order chi connectivity index (χ0) is 24.5. The van der Waals surface area contributed by atoms with E-state index in [4.69, 9.17) is 4.74 Å². The number of carboxylic acids is 1. The Labute approximate surface area is 204 Å². The topological polar surface area (TPSA) is 58.6 Å². The zero-order valence-corrected chi connectivity index (χ0v) is 19.8. The second-order valence-electron chi connectivity index (χ2n) is 9.20. The number of hydrogen-bond donors (Lipinski definition) is 2. The Hall–Kier alpha value is -3.70. The lowest BCUT2D eigenvalue weighted by Gasteiger charge is -2.34. The van der Waals surface area contributed by atoms with Gasteiger partial charge in [-0.15, -0.1) is 0 Å². The summed E-state index contributed by atoms with van der Waals surface area (Å²) in [5, 5.41) is 15.6. The van der Waals surface area contributed by atoms with E-state index in [0.29, 0.717) is 29.8 Å². The number of ether oxygens (including phenoxy) is 1. The van der Waals surface area contributed by atoms with E-state index in [-0.39, 0.29) is 29.4 Å². The van der Waals surface area contributed by atoms with Crippen molar-refractivity contribution >= 4 is 16.7 Å². The van der Waals surface area contributed by atoms with E-state index in [2.05, 4.69) is 42.6 Å². The van der Waals surface area contributed by atoms with Crippen molar-refractivity contribution in [1.82, 2.24) is 5.32 Å². The number of halogens is 1. The van der Waals surface area contributed by atoms with Gasteiger partial charge in [-0.2, -0.15) is 0 Å². The van der Waals surface area contributed by atoms with E-state index >= 15 is 4.39 Å². The van der Waals surface area contributed by atoms with Crippen LogP contribution in [0.15, 0.2) is 78.9 Å². The quantitative estimate of drug-likeness (QED) is 0.333. The minimum Gasteiger partial charge on any atom is -0.489 e. The second-order valence-corrected chi connectivity index (χ2v) is 9.20. The molecule has 5 heteroatoms. The van der Waals surface area contributed by atoms with Gasteiger partial charge >= 0.3 is 5.97 Å². The Balaban J connectivity index is 1.43. The van der Waals surface area contributed by atoms with Crippen LogP contribution in [0.4, 0.5) is 4.39 Å². The first-order valence-corrected chi connectivity index (χ1v) is 11.9. The van der Waals surface area contributed by atoms with Crippen molar-refractivity contribution in [2.75, 3.05) is 6.54 Å². The number of aromatic carboxylic acids is 1. The number of carboxylic acid groups (broad SMARTS) is 1. The molecule has 0 aliphatic carbocycles. The van der Waals surface area contributed by atoms with Gasteiger partial charge in [0.05, 0.1) is 5.56 Å². The minimum atomic E-state index is -1.05. The van der Waals surface area contributed by atoms with Gasteiger partial charge in [0.15, 0.2) is 0 Å². The first-order valence-electron chi connectivity index (χ1n) is 11.9. The highest BCUT2D eigenvalue weighted by atomic mass is 19.1. The van der Waals surface area contributed by atoms with Gasteiger partial charge in [-0.05, 0) is 65.9 Å². The van der Waals surface area contributed by atoms with Gasteiger partial charge in [0.2, 0.25) is 0 Å². The maximum absolute atomic E-state index is 15.1. The summed E-state index contributed by atoms with van der Waals surface area (Å²) in [7, 11) is 0. The Morgan fingerprint density at radius 2 is 1.80 bits per heavy atom. The third kappa shape index (κ3) is 4.40. The maximum Gasteiger partial charge on any atom is 0.335 e. The fourth-order valence-corrected chi connectivity index (χ4v) is 5.29. The largest absolute Gasteiger partial charge is 0.489 e. The van der Waals surface area contributed by atoms with E-state index in [9.17, 15) is 9.90 Å². The highest BCUT2D eigenvalue weighted by Gasteiger charge is 2.33. The fourth-order valence-electron chi connectivity index (χ4n) is 5.29. The maximum atomic E-state index is 15.1. The molecular formula is C30H28FNO3. The van der Waals surface area contributed by atoms with Crippen molar-refractivity contribution in [3.05, 3.63) is 112 Å². The molecule has 1 aliphatic heterocycles. The van der Waals surface area contributed by atoms with Crippen LogP contribution in [-0.2, 0) is 0 Å². The summed E-state index contributed by atoms with van der Waals surface area (Å²) < 4.78 is 21.4. The molecule has 0 aromatic heterocycles. The highest BCUT2D eigenvalue weighted by molar-refractivity contribution is 5.90. The predicted molar refractivity (Wildman–Crippen MR) is 136 cm³/mol. The molecule has 0 unspecified atom stereocenters. The van der Waals surface area contributed by atoms with Gasteiger partial charge in [-0.1, -0.05) is 60.7 Å². The van der Waals surface area contributed by atoms with Gasteiger partial charge in [0.25, 0.3) is 0 Å². The number of rotatable bonds is 6. The van der Waals surface area contributed by atoms with Crippen LogP contribution in [0.25, 0.3) is 10.8 Å². The molecule has 3 atom stereocenters. The normalized spacial score (nSPS) is 18.0. The first kappa shape index (κ1) is 23.1. The smallest absolute Gasteiger partial charge is 0.335 e. The highest BCUT2D eigenvalue weighted by Crippen LogP contribution is 2.43. The van der Waals surface area contributed by atoms with Crippen LogP contribution in [0.5, 0.6) is 5.75 Å². The molecule has 178 valence electrons. The average Bonchev–Trinajstić information content (AvgIpc) is 2.86. The number of fused-ring (bicyclic) bond motifs is 2. The number of benzene rings is 4. The van der Waals surface area contributed by atoms with Gasteiger partial charge in [-0.3, -0.25) is 0 Å². The molecule has 4 nitrogen and oxygen atoms in total. The van der Waals surface area contributed by atoms with Crippen LogP contribution in [-0.4, -0.2) is 23.7 Å². The van der Waals surface area contributed by atoms with E-state index in [0.717, 1.165) is 5.56 Å². The summed E-state index contributed by atoms with van der Waals surface area (Å²) in [5.41, 5.74) is 3.13. The summed E-state index contributed by atoms with van der Waals surface area (Å²) in [6, 6.07) is 25.0. The van der Waals surface area contributed by atoms with Crippen LogP contribution in [0, 0.1) is 12.7 Å². The second kappa shape index (κ2) is 9.51.